The number of likely N-dealkylation sites (tertiary alicyclic amines) is 1. The molecule has 0 aliphatic carbocycles. The number of nitrogens with zero attached hydrogens (tertiary/aromatic N) is 2. The third kappa shape index (κ3) is 5.04. The van der Waals surface area contributed by atoms with E-state index in [9.17, 15) is 4.79 Å². The van der Waals surface area contributed by atoms with Gasteiger partial charge < -0.3 is 20.9 Å². The van der Waals surface area contributed by atoms with Gasteiger partial charge in [0.15, 0.2) is 0 Å². The molecule has 1 heterocycles. The van der Waals surface area contributed by atoms with Gasteiger partial charge in [-0.1, -0.05) is 6.92 Å². The van der Waals surface area contributed by atoms with Gasteiger partial charge >= 0.3 is 0 Å². The molecule has 1 atom stereocenters. The number of nitrogens with two attached hydrogens (primary N) is 1. The van der Waals surface area contributed by atoms with E-state index >= 15 is 0 Å². The van der Waals surface area contributed by atoms with Crippen molar-refractivity contribution in [1.82, 2.24) is 15.1 Å². The zero-order valence-electron chi connectivity index (χ0n) is 13.6. The molecule has 1 rings (SSSR count). The second-order valence-corrected chi connectivity index (χ2v) is 6.39. The summed E-state index contributed by atoms with van der Waals surface area (Å²) in [4.78, 5) is 16.5. The van der Waals surface area contributed by atoms with Gasteiger partial charge in [-0.25, -0.2) is 0 Å². The number of piperidine rings is 1. The highest BCUT2D eigenvalue weighted by atomic mass is 16.1. The Kier molecular flexibility index (Phi) is 6.92. The topological polar surface area (TPSA) is 61.6 Å². The van der Waals surface area contributed by atoms with Crippen molar-refractivity contribution in [2.24, 2.45) is 5.73 Å². The van der Waals surface area contributed by atoms with E-state index in [-0.39, 0.29) is 5.91 Å². The number of carbonyl (C=O) groups is 1. The lowest BCUT2D eigenvalue weighted by Crippen LogP contribution is -2.55. The van der Waals surface area contributed by atoms with Gasteiger partial charge in [0.05, 0.1) is 5.54 Å². The van der Waals surface area contributed by atoms with Gasteiger partial charge in [-0.2, -0.15) is 0 Å². The Bertz CT molecular complexity index is 302. The normalized spacial score (nSPS) is 21.1. The highest BCUT2D eigenvalue weighted by Crippen LogP contribution is 2.17. The highest BCUT2D eigenvalue weighted by Gasteiger charge is 2.31. The van der Waals surface area contributed by atoms with Crippen LogP contribution in [0, 0.1) is 0 Å². The number of amides is 1. The number of hydrogen-bond donors (Lipinski definition) is 2. The molecule has 1 fully saturated rings. The Morgan fingerprint density at radius 3 is 2.55 bits per heavy atom. The molecule has 0 bridgehead atoms. The van der Waals surface area contributed by atoms with Gasteiger partial charge in [-0.3, -0.25) is 4.79 Å². The minimum atomic E-state index is -0.588. The molecule has 20 heavy (non-hydrogen) atoms. The SMILES string of the molecule is CCCNC(C)(CCN(C)C1CCN(C)CC1)C(N)=O. The lowest BCUT2D eigenvalue weighted by molar-refractivity contribution is -0.124. The van der Waals surface area contributed by atoms with Crippen LogP contribution < -0.4 is 11.1 Å². The molecule has 0 spiro atoms. The van der Waals surface area contributed by atoms with Gasteiger partial charge in [0.25, 0.3) is 0 Å². The first-order chi connectivity index (χ1) is 9.39. The minimum absolute atomic E-state index is 0.247. The summed E-state index contributed by atoms with van der Waals surface area (Å²) in [5.41, 5.74) is 4.98. The number of nitrogens with one attached hydrogen (secondary N) is 1. The molecule has 1 aliphatic heterocycles. The molecule has 3 N–H and O–H groups in total. The molecule has 0 aromatic rings. The van der Waals surface area contributed by atoms with E-state index in [4.69, 9.17) is 5.73 Å². The fourth-order valence-corrected chi connectivity index (χ4v) is 2.72. The second kappa shape index (κ2) is 7.96. The molecule has 1 unspecified atom stereocenters. The molecule has 1 amide bonds. The molecular formula is C15H32N4O. The Balaban J connectivity index is 2.44. The Hall–Kier alpha value is -0.650. The van der Waals surface area contributed by atoms with Crippen LogP contribution in [0.15, 0.2) is 0 Å². The van der Waals surface area contributed by atoms with Crippen molar-refractivity contribution >= 4 is 5.91 Å². The number of hydrogen-bond acceptors (Lipinski definition) is 4. The summed E-state index contributed by atoms with van der Waals surface area (Å²) in [6, 6.07) is 0.634. The Morgan fingerprint density at radius 1 is 1.45 bits per heavy atom. The quantitative estimate of drug-likeness (QED) is 0.687. The number of carbonyl (C=O) groups excluding carboxylic acids is 1. The fourth-order valence-electron chi connectivity index (χ4n) is 2.72. The van der Waals surface area contributed by atoms with Crippen LogP contribution in [-0.4, -0.2) is 67.6 Å². The summed E-state index contributed by atoms with van der Waals surface area (Å²) >= 11 is 0. The predicted molar refractivity (Wildman–Crippen MR) is 83.7 cm³/mol. The van der Waals surface area contributed by atoms with Gasteiger partial charge in [-0.05, 0) is 66.3 Å². The summed E-state index contributed by atoms with van der Waals surface area (Å²) in [5, 5.41) is 3.30. The molecule has 118 valence electrons. The van der Waals surface area contributed by atoms with Crippen molar-refractivity contribution in [3.63, 3.8) is 0 Å². The van der Waals surface area contributed by atoms with Crippen LogP contribution in [0.2, 0.25) is 0 Å². The van der Waals surface area contributed by atoms with E-state index in [1.54, 1.807) is 0 Å². The summed E-state index contributed by atoms with van der Waals surface area (Å²) in [6.07, 6.45) is 4.20. The summed E-state index contributed by atoms with van der Waals surface area (Å²) < 4.78 is 0. The predicted octanol–water partition coefficient (Wildman–Crippen LogP) is 0.646. The molecule has 5 nitrogen and oxygen atoms in total. The van der Waals surface area contributed by atoms with Gasteiger partial charge in [0.2, 0.25) is 5.91 Å². The molecule has 0 radical (unpaired) electrons. The molecule has 1 aliphatic rings. The van der Waals surface area contributed by atoms with Crippen LogP contribution in [-0.2, 0) is 4.79 Å². The first kappa shape index (κ1) is 17.4. The lowest BCUT2D eigenvalue weighted by atomic mass is 9.95. The Labute approximate surface area is 123 Å². The smallest absolute Gasteiger partial charge is 0.237 e. The first-order valence-electron chi connectivity index (χ1n) is 7.82. The first-order valence-corrected chi connectivity index (χ1v) is 7.82. The van der Waals surface area contributed by atoms with Crippen molar-refractivity contribution < 1.29 is 4.79 Å². The van der Waals surface area contributed by atoms with E-state index in [2.05, 4.69) is 36.1 Å². The molecule has 1 saturated heterocycles. The maximum Gasteiger partial charge on any atom is 0.237 e. The van der Waals surface area contributed by atoms with Crippen LogP contribution in [0.4, 0.5) is 0 Å². The Morgan fingerprint density at radius 2 is 2.05 bits per heavy atom. The fraction of sp³-hybridized carbons (Fsp3) is 0.933. The number of rotatable bonds is 8. The largest absolute Gasteiger partial charge is 0.368 e. The summed E-state index contributed by atoms with van der Waals surface area (Å²) in [6.45, 7) is 8.08. The third-order valence-corrected chi connectivity index (χ3v) is 4.58. The van der Waals surface area contributed by atoms with E-state index in [0.717, 1.165) is 39.0 Å². The standard InChI is InChI=1S/C15H32N4O/c1-5-9-17-15(2,14(16)20)8-12-19(4)13-6-10-18(3)11-7-13/h13,17H,5-12H2,1-4H3,(H2,16,20). The highest BCUT2D eigenvalue weighted by molar-refractivity contribution is 5.84. The summed E-state index contributed by atoms with van der Waals surface area (Å²) in [5.74, 6) is -0.247. The average molecular weight is 284 g/mol. The average Bonchev–Trinajstić information content (AvgIpc) is 2.43. The van der Waals surface area contributed by atoms with Crippen LogP contribution >= 0.6 is 0 Å². The zero-order valence-corrected chi connectivity index (χ0v) is 13.6. The maximum atomic E-state index is 11.7. The van der Waals surface area contributed by atoms with Crippen LogP contribution in [0.3, 0.4) is 0 Å². The van der Waals surface area contributed by atoms with Crippen molar-refractivity contribution in [2.75, 3.05) is 40.3 Å². The van der Waals surface area contributed by atoms with E-state index in [0.29, 0.717) is 6.04 Å². The van der Waals surface area contributed by atoms with Crippen molar-refractivity contribution in [3.05, 3.63) is 0 Å². The molecular weight excluding hydrogens is 252 g/mol. The minimum Gasteiger partial charge on any atom is -0.368 e. The molecule has 0 saturated carbocycles. The van der Waals surface area contributed by atoms with Crippen LogP contribution in [0.25, 0.3) is 0 Å². The van der Waals surface area contributed by atoms with Crippen LogP contribution in [0.1, 0.15) is 39.5 Å². The van der Waals surface area contributed by atoms with Gasteiger partial charge in [-0.15, -0.1) is 0 Å². The summed E-state index contributed by atoms with van der Waals surface area (Å²) in [7, 11) is 4.34. The molecule has 0 aromatic carbocycles. The number of primary amides is 1. The van der Waals surface area contributed by atoms with Crippen molar-refractivity contribution in [2.45, 2.75) is 51.1 Å². The van der Waals surface area contributed by atoms with Crippen molar-refractivity contribution in [3.8, 4) is 0 Å². The van der Waals surface area contributed by atoms with E-state index in [1.807, 2.05) is 6.92 Å². The van der Waals surface area contributed by atoms with Gasteiger partial charge in [0.1, 0.15) is 0 Å². The van der Waals surface area contributed by atoms with E-state index < -0.39 is 5.54 Å². The lowest BCUT2D eigenvalue weighted by Gasteiger charge is -2.37. The van der Waals surface area contributed by atoms with Crippen molar-refractivity contribution in [1.29, 1.82) is 0 Å². The molecule has 0 aromatic heterocycles. The molecule has 5 heteroatoms. The van der Waals surface area contributed by atoms with Crippen LogP contribution in [0.5, 0.6) is 0 Å². The van der Waals surface area contributed by atoms with E-state index in [1.165, 1.54) is 12.8 Å². The van der Waals surface area contributed by atoms with Gasteiger partial charge in [0, 0.05) is 12.6 Å². The maximum absolute atomic E-state index is 11.7. The third-order valence-electron chi connectivity index (χ3n) is 4.58. The second-order valence-electron chi connectivity index (χ2n) is 6.39. The zero-order chi connectivity index (χ0) is 15.2. The monoisotopic (exact) mass is 284 g/mol.